The number of aromatic carboxylic acids is 1. The Bertz CT molecular complexity index is 626. The molecule has 2 aromatic rings. The van der Waals surface area contributed by atoms with Crippen molar-refractivity contribution >= 4 is 23.4 Å². The van der Waals surface area contributed by atoms with Crippen LogP contribution < -0.4 is 5.73 Å². The Balaban J connectivity index is 2.05. The summed E-state index contributed by atoms with van der Waals surface area (Å²) in [6.07, 6.45) is 0. The first-order valence-corrected chi connectivity index (χ1v) is 7.47. The fourth-order valence-electron chi connectivity index (χ4n) is 2.08. The van der Waals surface area contributed by atoms with E-state index in [4.69, 9.17) is 5.73 Å². The lowest BCUT2D eigenvalue weighted by Crippen LogP contribution is -2.06. The second kappa shape index (κ2) is 6.48. The van der Waals surface area contributed by atoms with Gasteiger partial charge in [-0.25, -0.2) is 4.79 Å². The fourth-order valence-corrected chi connectivity index (χ4v) is 3.06. The van der Waals surface area contributed by atoms with E-state index in [1.54, 1.807) is 23.9 Å². The number of carboxylic acids is 1. The van der Waals surface area contributed by atoms with Gasteiger partial charge in [-0.15, -0.1) is 0 Å². The molecular weight excluding hydrogens is 270 g/mol. The van der Waals surface area contributed by atoms with Crippen molar-refractivity contribution < 1.29 is 9.90 Å². The molecule has 0 unspecified atom stereocenters. The second-order valence-corrected chi connectivity index (χ2v) is 5.65. The minimum absolute atomic E-state index is 0.226. The van der Waals surface area contributed by atoms with E-state index in [1.807, 2.05) is 12.1 Å². The average Bonchev–Trinajstić information content (AvgIpc) is 2.38. The van der Waals surface area contributed by atoms with Crippen molar-refractivity contribution in [2.45, 2.75) is 18.4 Å². The molecular formula is C16H17NO2S. The van der Waals surface area contributed by atoms with Crippen molar-refractivity contribution in [1.82, 2.24) is 0 Å². The smallest absolute Gasteiger partial charge is 0.338 e. The molecule has 0 amide bonds. The number of carboxylic acid groups (broad SMARTS) is 1. The van der Waals surface area contributed by atoms with Crippen LogP contribution in [0.15, 0.2) is 42.5 Å². The molecule has 0 radical (unpaired) electrons. The van der Waals surface area contributed by atoms with Crippen LogP contribution in [0.1, 0.15) is 27.0 Å². The summed E-state index contributed by atoms with van der Waals surface area (Å²) in [7, 11) is 0. The number of nitrogens with two attached hydrogens (primary N) is 1. The summed E-state index contributed by atoms with van der Waals surface area (Å²) in [5.74, 6) is 0.533. The molecule has 0 aliphatic carbocycles. The first-order chi connectivity index (χ1) is 9.58. The third-order valence-electron chi connectivity index (χ3n) is 3.01. The molecule has 3 N–H and O–H groups in total. The third kappa shape index (κ3) is 3.54. The predicted molar refractivity (Wildman–Crippen MR) is 84.0 cm³/mol. The lowest BCUT2D eigenvalue weighted by molar-refractivity contribution is 0.0697. The highest BCUT2D eigenvalue weighted by Crippen LogP contribution is 2.24. The predicted octanol–water partition coefficient (Wildman–Crippen LogP) is 3.71. The van der Waals surface area contributed by atoms with E-state index in [9.17, 15) is 9.90 Å². The maximum Gasteiger partial charge on any atom is 0.338 e. The number of aryl methyl sites for hydroxylation is 1. The topological polar surface area (TPSA) is 63.3 Å². The number of hydrogen-bond donors (Lipinski definition) is 2. The first kappa shape index (κ1) is 14.5. The molecule has 2 rings (SSSR count). The number of hydrogen-bond acceptors (Lipinski definition) is 3. The largest absolute Gasteiger partial charge is 0.478 e. The molecule has 2 aromatic carbocycles. The molecule has 0 atom stereocenters. The van der Waals surface area contributed by atoms with Crippen LogP contribution in [0.3, 0.4) is 0 Å². The Morgan fingerprint density at radius 1 is 1.20 bits per heavy atom. The number of rotatable bonds is 5. The molecule has 0 bridgehead atoms. The van der Waals surface area contributed by atoms with Gasteiger partial charge in [0.1, 0.15) is 0 Å². The average molecular weight is 287 g/mol. The van der Waals surface area contributed by atoms with Crippen molar-refractivity contribution in [3.8, 4) is 0 Å². The molecule has 20 heavy (non-hydrogen) atoms. The molecule has 0 aromatic heterocycles. The van der Waals surface area contributed by atoms with Crippen molar-refractivity contribution in [3.63, 3.8) is 0 Å². The molecule has 4 heteroatoms. The van der Waals surface area contributed by atoms with Gasteiger partial charge < -0.3 is 10.8 Å². The van der Waals surface area contributed by atoms with E-state index in [1.165, 1.54) is 11.1 Å². The van der Waals surface area contributed by atoms with E-state index >= 15 is 0 Å². The fraction of sp³-hybridized carbons (Fsp3) is 0.188. The van der Waals surface area contributed by atoms with E-state index in [-0.39, 0.29) is 5.56 Å². The SMILES string of the molecule is Cc1cccc(CSCc2cccc(N)c2C(=O)O)c1. The number of benzene rings is 2. The molecule has 0 heterocycles. The number of anilines is 1. The van der Waals surface area contributed by atoms with Crippen LogP contribution in [-0.2, 0) is 11.5 Å². The Kier molecular flexibility index (Phi) is 4.69. The molecule has 0 aliphatic heterocycles. The van der Waals surface area contributed by atoms with Gasteiger partial charge >= 0.3 is 5.97 Å². The van der Waals surface area contributed by atoms with E-state index < -0.39 is 5.97 Å². The lowest BCUT2D eigenvalue weighted by atomic mass is 10.1. The highest BCUT2D eigenvalue weighted by atomic mass is 32.2. The van der Waals surface area contributed by atoms with E-state index in [0.29, 0.717) is 11.4 Å². The van der Waals surface area contributed by atoms with Gasteiger partial charge in [-0.1, -0.05) is 42.0 Å². The van der Waals surface area contributed by atoms with Crippen LogP contribution in [0.5, 0.6) is 0 Å². The van der Waals surface area contributed by atoms with Crippen LogP contribution in [0.4, 0.5) is 5.69 Å². The summed E-state index contributed by atoms with van der Waals surface area (Å²) in [4.78, 5) is 11.2. The van der Waals surface area contributed by atoms with Crippen molar-refractivity contribution in [1.29, 1.82) is 0 Å². The monoisotopic (exact) mass is 287 g/mol. The van der Waals surface area contributed by atoms with Crippen LogP contribution in [0.2, 0.25) is 0 Å². The highest BCUT2D eigenvalue weighted by Gasteiger charge is 2.13. The highest BCUT2D eigenvalue weighted by molar-refractivity contribution is 7.97. The van der Waals surface area contributed by atoms with E-state index in [0.717, 1.165) is 11.3 Å². The molecule has 0 fully saturated rings. The van der Waals surface area contributed by atoms with Crippen LogP contribution in [0.25, 0.3) is 0 Å². The van der Waals surface area contributed by atoms with Gasteiger partial charge in [0.2, 0.25) is 0 Å². The van der Waals surface area contributed by atoms with Gasteiger partial charge in [0.05, 0.1) is 5.56 Å². The summed E-state index contributed by atoms with van der Waals surface area (Å²) in [6.45, 7) is 2.06. The normalized spacial score (nSPS) is 10.4. The Labute approximate surface area is 122 Å². The van der Waals surface area contributed by atoms with Gasteiger partial charge in [0.25, 0.3) is 0 Å². The molecule has 0 saturated heterocycles. The Hall–Kier alpha value is -1.94. The molecule has 3 nitrogen and oxygen atoms in total. The first-order valence-electron chi connectivity index (χ1n) is 6.32. The molecule has 0 aliphatic rings. The number of thioether (sulfide) groups is 1. The van der Waals surface area contributed by atoms with E-state index in [2.05, 4.69) is 25.1 Å². The van der Waals surface area contributed by atoms with Crippen molar-refractivity contribution in [3.05, 3.63) is 64.7 Å². The summed E-state index contributed by atoms with van der Waals surface area (Å²) in [6, 6.07) is 13.6. The van der Waals surface area contributed by atoms with Crippen LogP contribution in [-0.4, -0.2) is 11.1 Å². The molecule has 104 valence electrons. The minimum Gasteiger partial charge on any atom is -0.478 e. The van der Waals surface area contributed by atoms with Crippen molar-refractivity contribution in [2.24, 2.45) is 0 Å². The number of nitrogen functional groups attached to an aromatic ring is 1. The zero-order valence-electron chi connectivity index (χ0n) is 11.3. The summed E-state index contributed by atoms with van der Waals surface area (Å²) in [5, 5.41) is 9.21. The zero-order chi connectivity index (χ0) is 14.5. The number of carbonyl (C=O) groups is 1. The van der Waals surface area contributed by atoms with Gasteiger partial charge in [0, 0.05) is 17.2 Å². The molecule has 0 saturated carbocycles. The summed E-state index contributed by atoms with van der Waals surface area (Å²) >= 11 is 1.69. The van der Waals surface area contributed by atoms with Gasteiger partial charge in [-0.05, 0) is 24.1 Å². The van der Waals surface area contributed by atoms with Crippen LogP contribution in [0, 0.1) is 6.92 Å². The lowest BCUT2D eigenvalue weighted by Gasteiger charge is -2.08. The standard InChI is InChI=1S/C16H17NO2S/c1-11-4-2-5-12(8-11)9-20-10-13-6-3-7-14(17)15(13)16(18)19/h2-8H,9-10,17H2,1H3,(H,18,19). The van der Waals surface area contributed by atoms with Gasteiger partial charge in [-0.2, -0.15) is 11.8 Å². The minimum atomic E-state index is -0.964. The zero-order valence-corrected chi connectivity index (χ0v) is 12.1. The maximum absolute atomic E-state index is 11.2. The summed E-state index contributed by atoms with van der Waals surface area (Å²) in [5.41, 5.74) is 9.54. The Morgan fingerprint density at radius 3 is 2.65 bits per heavy atom. The third-order valence-corrected chi connectivity index (χ3v) is 4.06. The van der Waals surface area contributed by atoms with Crippen molar-refractivity contribution in [2.75, 3.05) is 5.73 Å². The van der Waals surface area contributed by atoms with Gasteiger partial charge in [0.15, 0.2) is 0 Å². The summed E-state index contributed by atoms with van der Waals surface area (Å²) < 4.78 is 0. The van der Waals surface area contributed by atoms with Crippen LogP contribution >= 0.6 is 11.8 Å². The molecule has 0 spiro atoms. The quantitative estimate of drug-likeness (QED) is 0.823. The van der Waals surface area contributed by atoms with Gasteiger partial charge in [-0.3, -0.25) is 0 Å². The maximum atomic E-state index is 11.2. The Morgan fingerprint density at radius 2 is 1.95 bits per heavy atom. The second-order valence-electron chi connectivity index (χ2n) is 4.67.